The van der Waals surface area contributed by atoms with Gasteiger partial charge >= 0.3 is 5.97 Å². The molecular weight excluding hydrogens is 350 g/mol. The van der Waals surface area contributed by atoms with E-state index in [1.165, 1.54) is 10.8 Å². The minimum atomic E-state index is -0.574. The molecule has 10 nitrogen and oxygen atoms in total. The van der Waals surface area contributed by atoms with Crippen LogP contribution in [0.5, 0.6) is 5.75 Å². The first-order chi connectivity index (χ1) is 13.0. The molecule has 0 radical (unpaired) electrons. The predicted octanol–water partition coefficient (Wildman–Crippen LogP) is 0.142. The number of hydrogen-bond acceptors (Lipinski definition) is 6. The quantitative estimate of drug-likeness (QED) is 0.330. The minimum Gasteiger partial charge on any atom is -0.419 e. The molecule has 0 bridgehead atoms. The molecule has 0 saturated carbocycles. The van der Waals surface area contributed by atoms with Gasteiger partial charge in [-0.1, -0.05) is 0 Å². The van der Waals surface area contributed by atoms with E-state index in [-0.39, 0.29) is 24.0 Å². The third-order valence-corrected chi connectivity index (χ3v) is 3.65. The summed E-state index contributed by atoms with van der Waals surface area (Å²) in [5.41, 5.74) is 12.4. The summed E-state index contributed by atoms with van der Waals surface area (Å²) in [7, 11) is 1.55. The Labute approximate surface area is 153 Å². The fraction of sp³-hybridized carbons (Fsp3) is 0.118. The standard InChI is InChI=1S/C17H17N7O3/c1-20-14(25)8-12-6-7-13(15-21-9-22-24(12)15)27-16(26)10-2-4-11(5-3-10)23-17(18)19/h2-7,9H,8H2,1H3,(H,20,25)(H4,18,19,23). The lowest BCUT2D eigenvalue weighted by atomic mass is 10.2. The maximum absolute atomic E-state index is 12.4. The Morgan fingerprint density at radius 1 is 1.19 bits per heavy atom. The number of nitrogens with two attached hydrogens (primary N) is 2. The zero-order chi connectivity index (χ0) is 19.4. The number of amides is 1. The van der Waals surface area contributed by atoms with Crippen molar-refractivity contribution in [2.45, 2.75) is 6.42 Å². The van der Waals surface area contributed by atoms with E-state index < -0.39 is 5.97 Å². The molecule has 27 heavy (non-hydrogen) atoms. The van der Waals surface area contributed by atoms with Gasteiger partial charge in [-0.05, 0) is 36.4 Å². The highest BCUT2D eigenvalue weighted by Gasteiger charge is 2.15. The van der Waals surface area contributed by atoms with Gasteiger partial charge in [0.2, 0.25) is 5.91 Å². The Bertz CT molecular complexity index is 1020. The van der Waals surface area contributed by atoms with Crippen molar-refractivity contribution in [3.8, 4) is 5.75 Å². The number of hydrogen-bond donors (Lipinski definition) is 3. The van der Waals surface area contributed by atoms with Crippen LogP contribution in [0.15, 0.2) is 47.7 Å². The molecule has 5 N–H and O–H groups in total. The van der Waals surface area contributed by atoms with E-state index in [0.29, 0.717) is 22.6 Å². The Balaban J connectivity index is 1.83. The first-order valence-electron chi connectivity index (χ1n) is 7.92. The Kier molecular flexibility index (Phi) is 4.97. The zero-order valence-corrected chi connectivity index (χ0v) is 14.4. The molecule has 0 aliphatic heterocycles. The van der Waals surface area contributed by atoms with Crippen molar-refractivity contribution in [2.24, 2.45) is 16.5 Å². The van der Waals surface area contributed by atoms with Crippen LogP contribution < -0.4 is 21.5 Å². The van der Waals surface area contributed by atoms with Gasteiger partial charge in [0, 0.05) is 7.05 Å². The van der Waals surface area contributed by atoms with Gasteiger partial charge in [0.1, 0.15) is 6.33 Å². The number of carbonyl (C=O) groups is 2. The highest BCUT2D eigenvalue weighted by atomic mass is 16.5. The van der Waals surface area contributed by atoms with Crippen LogP contribution >= 0.6 is 0 Å². The maximum atomic E-state index is 12.4. The molecule has 0 aliphatic rings. The van der Waals surface area contributed by atoms with Crippen LogP contribution in [0.1, 0.15) is 16.1 Å². The van der Waals surface area contributed by atoms with Gasteiger partial charge in [0.25, 0.3) is 0 Å². The molecule has 3 rings (SSSR count). The molecule has 0 fully saturated rings. The van der Waals surface area contributed by atoms with Gasteiger partial charge in [-0.2, -0.15) is 5.10 Å². The van der Waals surface area contributed by atoms with Crippen molar-refractivity contribution < 1.29 is 14.3 Å². The van der Waals surface area contributed by atoms with Crippen LogP contribution in [0.3, 0.4) is 0 Å². The molecule has 0 spiro atoms. The van der Waals surface area contributed by atoms with Crippen LogP contribution in [0.25, 0.3) is 5.65 Å². The average molecular weight is 367 g/mol. The number of carbonyl (C=O) groups excluding carboxylic acids is 2. The molecule has 10 heteroatoms. The third kappa shape index (κ3) is 4.00. The van der Waals surface area contributed by atoms with E-state index in [9.17, 15) is 9.59 Å². The summed E-state index contributed by atoms with van der Waals surface area (Å²) in [6.45, 7) is 0. The van der Waals surface area contributed by atoms with E-state index in [1.807, 2.05) is 0 Å². The molecule has 1 amide bonds. The Hall–Kier alpha value is -3.95. The maximum Gasteiger partial charge on any atom is 0.343 e. The molecular formula is C17H17N7O3. The number of fused-ring (bicyclic) bond motifs is 1. The van der Waals surface area contributed by atoms with E-state index in [1.54, 1.807) is 43.4 Å². The highest BCUT2D eigenvalue weighted by molar-refractivity contribution is 5.92. The van der Waals surface area contributed by atoms with Crippen LogP contribution in [0.2, 0.25) is 0 Å². The molecule has 0 aliphatic carbocycles. The average Bonchev–Trinajstić information content (AvgIpc) is 3.14. The minimum absolute atomic E-state index is 0.0728. The van der Waals surface area contributed by atoms with E-state index in [0.717, 1.165) is 0 Å². The first-order valence-corrected chi connectivity index (χ1v) is 7.92. The highest BCUT2D eigenvalue weighted by Crippen LogP contribution is 2.21. The van der Waals surface area contributed by atoms with Crippen LogP contribution in [0, 0.1) is 0 Å². The van der Waals surface area contributed by atoms with Gasteiger partial charge in [-0.3, -0.25) is 4.79 Å². The Morgan fingerprint density at radius 3 is 2.59 bits per heavy atom. The van der Waals surface area contributed by atoms with Crippen LogP contribution in [-0.4, -0.2) is 39.5 Å². The molecule has 0 saturated heterocycles. The lowest BCUT2D eigenvalue weighted by Gasteiger charge is -2.08. The van der Waals surface area contributed by atoms with Gasteiger partial charge < -0.3 is 21.5 Å². The summed E-state index contributed by atoms with van der Waals surface area (Å²) < 4.78 is 6.89. The van der Waals surface area contributed by atoms with Gasteiger partial charge in [-0.25, -0.2) is 19.3 Å². The number of nitrogens with zero attached hydrogens (tertiary/aromatic N) is 4. The first kappa shape index (κ1) is 17.9. The summed E-state index contributed by atoms with van der Waals surface area (Å²) in [6, 6.07) is 9.51. The van der Waals surface area contributed by atoms with Crippen molar-refractivity contribution in [2.75, 3.05) is 7.05 Å². The number of rotatable bonds is 5. The van der Waals surface area contributed by atoms with E-state index in [2.05, 4.69) is 20.4 Å². The largest absolute Gasteiger partial charge is 0.419 e. The van der Waals surface area contributed by atoms with Gasteiger partial charge in [0.05, 0.1) is 23.4 Å². The number of benzene rings is 1. The second-order valence-corrected chi connectivity index (χ2v) is 5.51. The number of aliphatic imine (C=N–C) groups is 1. The number of pyridine rings is 1. The topological polar surface area (TPSA) is 150 Å². The lowest BCUT2D eigenvalue weighted by Crippen LogP contribution is -2.21. The fourth-order valence-corrected chi connectivity index (χ4v) is 2.38. The molecule has 3 aromatic rings. The molecule has 2 aromatic heterocycles. The second-order valence-electron chi connectivity index (χ2n) is 5.51. The van der Waals surface area contributed by atoms with Crippen molar-refractivity contribution in [3.05, 3.63) is 54.0 Å². The summed E-state index contributed by atoms with van der Waals surface area (Å²) >= 11 is 0. The molecule has 138 valence electrons. The fourth-order valence-electron chi connectivity index (χ4n) is 2.38. The predicted molar refractivity (Wildman–Crippen MR) is 97.6 cm³/mol. The SMILES string of the molecule is CNC(=O)Cc1ccc(OC(=O)c2ccc(N=C(N)N)cc2)c2ncnn12. The normalized spacial score (nSPS) is 10.4. The smallest absolute Gasteiger partial charge is 0.343 e. The molecule has 1 aromatic carbocycles. The van der Waals surface area contributed by atoms with Gasteiger partial charge in [0.15, 0.2) is 17.4 Å². The summed E-state index contributed by atoms with van der Waals surface area (Å²) in [5.74, 6) is -0.588. The van der Waals surface area contributed by atoms with Gasteiger partial charge in [-0.15, -0.1) is 0 Å². The van der Waals surface area contributed by atoms with Crippen molar-refractivity contribution >= 4 is 29.2 Å². The zero-order valence-electron chi connectivity index (χ0n) is 14.4. The number of guanidine groups is 1. The van der Waals surface area contributed by atoms with E-state index >= 15 is 0 Å². The van der Waals surface area contributed by atoms with Crippen molar-refractivity contribution in [1.82, 2.24) is 19.9 Å². The number of likely N-dealkylation sites (N-methyl/N-ethyl adjacent to an activating group) is 1. The molecule has 0 atom stereocenters. The number of ether oxygens (including phenoxy) is 1. The van der Waals surface area contributed by atoms with E-state index in [4.69, 9.17) is 16.2 Å². The molecule has 2 heterocycles. The van der Waals surface area contributed by atoms with Crippen LogP contribution in [0.4, 0.5) is 5.69 Å². The number of nitrogens with one attached hydrogen (secondary N) is 1. The Morgan fingerprint density at radius 2 is 1.93 bits per heavy atom. The third-order valence-electron chi connectivity index (χ3n) is 3.65. The van der Waals surface area contributed by atoms with Crippen molar-refractivity contribution in [3.63, 3.8) is 0 Å². The summed E-state index contributed by atoms with van der Waals surface area (Å²) in [5, 5.41) is 6.63. The summed E-state index contributed by atoms with van der Waals surface area (Å²) in [6.07, 6.45) is 1.45. The number of esters is 1. The lowest BCUT2D eigenvalue weighted by molar-refractivity contribution is -0.120. The number of aromatic nitrogens is 3. The second kappa shape index (κ2) is 7.52. The monoisotopic (exact) mass is 367 g/mol. The van der Waals surface area contributed by atoms with Crippen LogP contribution in [-0.2, 0) is 11.2 Å². The summed E-state index contributed by atoms with van der Waals surface area (Å²) in [4.78, 5) is 32.0. The molecule has 0 unspecified atom stereocenters. The van der Waals surface area contributed by atoms with Crippen molar-refractivity contribution in [1.29, 1.82) is 0 Å².